The molecule has 1 aromatic heterocycles. The van der Waals surface area contributed by atoms with Crippen LogP contribution in [0.3, 0.4) is 0 Å². The number of aryl methyl sites for hydroxylation is 1. The van der Waals surface area contributed by atoms with Crippen LogP contribution in [0.25, 0.3) is 16.6 Å². The molecule has 2 aromatic carbocycles. The fourth-order valence-electron chi connectivity index (χ4n) is 3.62. The Morgan fingerprint density at radius 2 is 1.72 bits per heavy atom. The fraction of sp³-hybridized carbons (Fsp3) is 0.300. The van der Waals surface area contributed by atoms with Gasteiger partial charge in [-0.1, -0.05) is 18.2 Å². The molecule has 0 amide bonds. The van der Waals surface area contributed by atoms with Crippen molar-refractivity contribution in [2.45, 2.75) is 25.3 Å². The quantitative estimate of drug-likeness (QED) is 0.684. The molecule has 2 N–H and O–H groups in total. The summed E-state index contributed by atoms with van der Waals surface area (Å²) in [4.78, 5) is 18.5. The predicted molar refractivity (Wildman–Crippen MR) is 101 cm³/mol. The first-order chi connectivity index (χ1) is 13.7. The van der Waals surface area contributed by atoms with Crippen LogP contribution in [0.5, 0.6) is 0 Å². The lowest BCUT2D eigenvalue weighted by Crippen LogP contribution is -2.29. The Bertz CT molecular complexity index is 1130. The molecule has 29 heavy (non-hydrogen) atoms. The molecule has 0 bridgehead atoms. The molecule has 2 heterocycles. The summed E-state index contributed by atoms with van der Waals surface area (Å²) in [6, 6.07) is 9.98. The Kier molecular flexibility index (Phi) is 4.59. The number of hydrogen-bond acceptors (Lipinski definition) is 5. The summed E-state index contributed by atoms with van der Waals surface area (Å²) in [6.45, 7) is 1.80. The zero-order valence-corrected chi connectivity index (χ0v) is 15.4. The fourth-order valence-corrected chi connectivity index (χ4v) is 3.62. The third-order valence-electron chi connectivity index (χ3n) is 5.11. The number of para-hydroxylation sites is 1. The molecule has 2 atom stereocenters. The number of fused-ring (bicyclic) bond motifs is 1. The van der Waals surface area contributed by atoms with Crippen LogP contribution in [-0.2, 0) is 6.18 Å². The van der Waals surface area contributed by atoms with E-state index in [9.17, 15) is 28.2 Å². The predicted octanol–water partition coefficient (Wildman–Crippen LogP) is 2.25. The Morgan fingerprint density at radius 1 is 1.07 bits per heavy atom. The highest BCUT2D eigenvalue weighted by molar-refractivity contribution is 5.91. The first kappa shape index (κ1) is 19.4. The zero-order valence-electron chi connectivity index (χ0n) is 15.4. The van der Waals surface area contributed by atoms with E-state index in [1.165, 1.54) is 11.0 Å². The number of hydrogen-bond donors (Lipinski definition) is 2. The van der Waals surface area contributed by atoms with E-state index in [2.05, 4.69) is 4.98 Å². The van der Waals surface area contributed by atoms with Gasteiger partial charge in [0.25, 0.3) is 0 Å². The minimum Gasteiger partial charge on any atom is -0.389 e. The number of nitrogens with zero attached hydrogens (tertiary/aromatic N) is 3. The van der Waals surface area contributed by atoms with Crippen molar-refractivity contribution < 1.29 is 23.4 Å². The normalized spacial score (nSPS) is 19.9. The van der Waals surface area contributed by atoms with Crippen LogP contribution >= 0.6 is 0 Å². The van der Waals surface area contributed by atoms with Gasteiger partial charge in [-0.25, -0.2) is 4.79 Å². The van der Waals surface area contributed by atoms with E-state index in [0.29, 0.717) is 16.6 Å². The average molecular weight is 405 g/mol. The van der Waals surface area contributed by atoms with Crippen LogP contribution < -0.4 is 10.6 Å². The van der Waals surface area contributed by atoms with Crippen LogP contribution in [0.4, 0.5) is 19.0 Å². The maximum atomic E-state index is 13.4. The van der Waals surface area contributed by atoms with Crippen molar-refractivity contribution >= 4 is 16.7 Å². The van der Waals surface area contributed by atoms with E-state index >= 15 is 0 Å². The number of β-amino-alcohol motifs (C(OH)–C–C–N with tert-alkyl or cyclic N) is 2. The van der Waals surface area contributed by atoms with Gasteiger partial charge in [-0.15, -0.1) is 0 Å². The molecule has 3 aromatic rings. The molecule has 9 heteroatoms. The minimum atomic E-state index is -4.58. The molecule has 0 aliphatic carbocycles. The number of aliphatic hydroxyl groups excluding tert-OH is 2. The number of halogens is 3. The molecule has 6 nitrogen and oxygen atoms in total. The van der Waals surface area contributed by atoms with Gasteiger partial charge in [0.15, 0.2) is 0 Å². The SMILES string of the molecule is Cc1ccccc1-n1c(=O)nc(N2C[C@@H](O)[C@H](O)C2)c2ccc(C(F)(F)F)cc21. The van der Waals surface area contributed by atoms with Gasteiger partial charge in [0.1, 0.15) is 5.82 Å². The summed E-state index contributed by atoms with van der Waals surface area (Å²) in [7, 11) is 0. The summed E-state index contributed by atoms with van der Waals surface area (Å²) in [5.41, 5.74) is -0.431. The highest BCUT2D eigenvalue weighted by atomic mass is 19.4. The van der Waals surface area contributed by atoms with E-state index < -0.39 is 29.6 Å². The second kappa shape index (κ2) is 6.85. The lowest BCUT2D eigenvalue weighted by molar-refractivity contribution is -0.137. The van der Waals surface area contributed by atoms with Gasteiger partial charge in [-0.2, -0.15) is 18.2 Å². The number of anilines is 1. The number of aliphatic hydroxyl groups is 2. The maximum Gasteiger partial charge on any atom is 0.416 e. The summed E-state index contributed by atoms with van der Waals surface area (Å²) in [5.74, 6) is 0.138. The summed E-state index contributed by atoms with van der Waals surface area (Å²) in [6.07, 6.45) is -6.63. The van der Waals surface area contributed by atoms with Gasteiger partial charge in [-0.3, -0.25) is 4.57 Å². The average Bonchev–Trinajstić information content (AvgIpc) is 2.99. The summed E-state index contributed by atoms with van der Waals surface area (Å²) in [5, 5.41) is 20.0. The van der Waals surface area contributed by atoms with Gasteiger partial charge in [-0.05, 0) is 36.8 Å². The second-order valence-corrected chi connectivity index (χ2v) is 7.11. The van der Waals surface area contributed by atoms with Crippen molar-refractivity contribution in [1.82, 2.24) is 9.55 Å². The Labute approximate surface area is 163 Å². The largest absolute Gasteiger partial charge is 0.416 e. The highest BCUT2D eigenvalue weighted by Gasteiger charge is 2.34. The Balaban J connectivity index is 2.03. The topological polar surface area (TPSA) is 78.6 Å². The van der Waals surface area contributed by atoms with Gasteiger partial charge < -0.3 is 15.1 Å². The molecule has 1 aliphatic rings. The molecule has 0 radical (unpaired) electrons. The highest BCUT2D eigenvalue weighted by Crippen LogP contribution is 2.34. The van der Waals surface area contributed by atoms with Crippen LogP contribution in [-0.4, -0.2) is 45.1 Å². The molecular weight excluding hydrogens is 387 g/mol. The Morgan fingerprint density at radius 3 is 2.34 bits per heavy atom. The third kappa shape index (κ3) is 3.36. The van der Waals surface area contributed by atoms with Crippen molar-refractivity contribution in [2.75, 3.05) is 18.0 Å². The molecule has 4 rings (SSSR count). The lowest BCUT2D eigenvalue weighted by atomic mass is 10.1. The molecule has 0 spiro atoms. The van der Waals surface area contributed by atoms with Crippen molar-refractivity contribution in [3.8, 4) is 5.69 Å². The van der Waals surface area contributed by atoms with Gasteiger partial charge in [0.2, 0.25) is 0 Å². The van der Waals surface area contributed by atoms with Crippen LogP contribution in [0, 0.1) is 6.92 Å². The van der Waals surface area contributed by atoms with E-state index in [1.54, 1.807) is 31.2 Å². The van der Waals surface area contributed by atoms with Crippen LogP contribution in [0.15, 0.2) is 47.3 Å². The number of alkyl halides is 3. The summed E-state index contributed by atoms with van der Waals surface area (Å²) < 4.78 is 41.2. The van der Waals surface area contributed by atoms with E-state index in [0.717, 1.165) is 16.7 Å². The van der Waals surface area contributed by atoms with Crippen molar-refractivity contribution in [3.63, 3.8) is 0 Å². The maximum absolute atomic E-state index is 13.4. The van der Waals surface area contributed by atoms with Gasteiger partial charge >= 0.3 is 11.9 Å². The molecule has 0 unspecified atom stereocenters. The molecule has 1 fully saturated rings. The molecule has 1 saturated heterocycles. The zero-order chi connectivity index (χ0) is 20.9. The number of rotatable bonds is 2. The second-order valence-electron chi connectivity index (χ2n) is 7.11. The standard InChI is InChI=1S/C20H18F3N3O3/c1-11-4-2-3-5-14(11)26-15-8-12(20(21,22)23)6-7-13(15)18(24-19(26)29)25-9-16(27)17(28)10-25/h2-8,16-17,27-28H,9-10H2,1H3/t16-,17-/m1/s1. The Hall–Kier alpha value is -2.91. The molecule has 0 saturated carbocycles. The first-order valence-electron chi connectivity index (χ1n) is 8.98. The van der Waals surface area contributed by atoms with Crippen LogP contribution in [0.2, 0.25) is 0 Å². The van der Waals surface area contributed by atoms with E-state index in [1.807, 2.05) is 0 Å². The molecule has 1 aliphatic heterocycles. The van der Waals surface area contributed by atoms with Crippen molar-refractivity contribution in [2.24, 2.45) is 0 Å². The van der Waals surface area contributed by atoms with Crippen molar-refractivity contribution in [1.29, 1.82) is 0 Å². The van der Waals surface area contributed by atoms with Gasteiger partial charge in [0.05, 0.1) is 29.0 Å². The van der Waals surface area contributed by atoms with E-state index in [-0.39, 0.29) is 24.4 Å². The lowest BCUT2D eigenvalue weighted by Gasteiger charge is -2.21. The molecular formula is C20H18F3N3O3. The number of benzene rings is 2. The van der Waals surface area contributed by atoms with Crippen LogP contribution in [0.1, 0.15) is 11.1 Å². The van der Waals surface area contributed by atoms with Gasteiger partial charge in [0, 0.05) is 18.5 Å². The third-order valence-corrected chi connectivity index (χ3v) is 5.11. The smallest absolute Gasteiger partial charge is 0.389 e. The number of aromatic nitrogens is 2. The minimum absolute atomic E-state index is 0.0259. The summed E-state index contributed by atoms with van der Waals surface area (Å²) >= 11 is 0. The monoisotopic (exact) mass is 405 g/mol. The van der Waals surface area contributed by atoms with E-state index in [4.69, 9.17) is 0 Å². The molecule has 152 valence electrons. The van der Waals surface area contributed by atoms with Crippen molar-refractivity contribution in [3.05, 3.63) is 64.1 Å². The first-order valence-corrected chi connectivity index (χ1v) is 8.98.